The Morgan fingerprint density at radius 2 is 2.19 bits per heavy atom. The summed E-state index contributed by atoms with van der Waals surface area (Å²) >= 11 is 6.04. The third-order valence-corrected chi connectivity index (χ3v) is 3.57. The van der Waals surface area contributed by atoms with Crippen LogP contribution in [0.25, 0.3) is 0 Å². The molecule has 1 aliphatic rings. The van der Waals surface area contributed by atoms with Crippen molar-refractivity contribution in [1.82, 2.24) is 4.90 Å². The van der Waals surface area contributed by atoms with Crippen LogP contribution in [0.2, 0.25) is 5.02 Å². The highest BCUT2D eigenvalue weighted by Gasteiger charge is 2.34. The van der Waals surface area contributed by atoms with Crippen molar-refractivity contribution in [2.24, 2.45) is 5.73 Å². The van der Waals surface area contributed by atoms with E-state index in [-0.39, 0.29) is 6.04 Å². The molecular formula is C13H19ClN2. The fraction of sp³-hybridized carbons (Fsp3) is 0.538. The number of hydrogen-bond acceptors (Lipinski definition) is 2. The second kappa shape index (κ2) is 4.74. The van der Waals surface area contributed by atoms with E-state index in [0.29, 0.717) is 12.1 Å². The molecule has 1 heterocycles. The van der Waals surface area contributed by atoms with Gasteiger partial charge in [-0.25, -0.2) is 0 Å². The van der Waals surface area contributed by atoms with Crippen LogP contribution in [0, 0.1) is 0 Å². The molecular weight excluding hydrogens is 220 g/mol. The van der Waals surface area contributed by atoms with E-state index in [1.54, 1.807) is 0 Å². The SMILES string of the molecule is CC(C)N1CC[C@H](N)[C@H]1c1cccc(Cl)c1. The summed E-state index contributed by atoms with van der Waals surface area (Å²) in [5, 5.41) is 0.792. The number of benzene rings is 1. The highest BCUT2D eigenvalue weighted by atomic mass is 35.5. The lowest BCUT2D eigenvalue weighted by Crippen LogP contribution is -2.35. The monoisotopic (exact) mass is 238 g/mol. The van der Waals surface area contributed by atoms with Crippen molar-refractivity contribution in [1.29, 1.82) is 0 Å². The highest BCUT2D eigenvalue weighted by Crippen LogP contribution is 2.33. The summed E-state index contributed by atoms with van der Waals surface area (Å²) in [7, 11) is 0. The van der Waals surface area contributed by atoms with Gasteiger partial charge in [0, 0.05) is 23.7 Å². The number of rotatable bonds is 2. The molecule has 3 heteroatoms. The molecule has 0 bridgehead atoms. The number of likely N-dealkylation sites (tertiary alicyclic amines) is 1. The van der Waals surface area contributed by atoms with Crippen LogP contribution >= 0.6 is 11.6 Å². The van der Waals surface area contributed by atoms with Crippen LogP contribution in [0.4, 0.5) is 0 Å². The van der Waals surface area contributed by atoms with Crippen molar-refractivity contribution in [2.45, 2.75) is 38.4 Å². The molecule has 0 aromatic heterocycles. The number of nitrogens with zero attached hydrogens (tertiary/aromatic N) is 1. The molecule has 2 atom stereocenters. The Morgan fingerprint density at radius 3 is 2.81 bits per heavy atom. The number of nitrogens with two attached hydrogens (primary N) is 1. The molecule has 2 nitrogen and oxygen atoms in total. The molecule has 1 saturated heterocycles. The minimum Gasteiger partial charge on any atom is -0.326 e. The second-order valence-corrected chi connectivity index (χ2v) is 5.22. The number of hydrogen-bond donors (Lipinski definition) is 1. The van der Waals surface area contributed by atoms with E-state index in [4.69, 9.17) is 17.3 Å². The zero-order valence-electron chi connectivity index (χ0n) is 9.86. The summed E-state index contributed by atoms with van der Waals surface area (Å²) in [4.78, 5) is 2.45. The van der Waals surface area contributed by atoms with E-state index in [0.717, 1.165) is 18.0 Å². The predicted octanol–water partition coefficient (Wildman–Crippen LogP) is 2.82. The standard InChI is InChI=1S/C13H19ClN2/c1-9(2)16-7-6-12(15)13(16)10-4-3-5-11(14)8-10/h3-5,8-9,12-13H,6-7,15H2,1-2H3/t12-,13+/m0/s1. The van der Waals surface area contributed by atoms with E-state index < -0.39 is 0 Å². The van der Waals surface area contributed by atoms with Gasteiger partial charge in [-0.3, -0.25) is 4.90 Å². The van der Waals surface area contributed by atoms with Gasteiger partial charge in [-0.15, -0.1) is 0 Å². The largest absolute Gasteiger partial charge is 0.326 e. The molecule has 0 radical (unpaired) electrons. The van der Waals surface area contributed by atoms with Crippen LogP contribution in [-0.2, 0) is 0 Å². The maximum Gasteiger partial charge on any atom is 0.0502 e. The van der Waals surface area contributed by atoms with Crippen LogP contribution in [0.5, 0.6) is 0 Å². The average molecular weight is 239 g/mol. The molecule has 0 unspecified atom stereocenters. The van der Waals surface area contributed by atoms with E-state index in [1.165, 1.54) is 5.56 Å². The van der Waals surface area contributed by atoms with Gasteiger partial charge < -0.3 is 5.73 Å². The molecule has 16 heavy (non-hydrogen) atoms. The van der Waals surface area contributed by atoms with E-state index in [2.05, 4.69) is 24.8 Å². The summed E-state index contributed by atoms with van der Waals surface area (Å²) in [6.45, 7) is 5.52. The molecule has 2 N–H and O–H groups in total. The van der Waals surface area contributed by atoms with Gasteiger partial charge in [0.1, 0.15) is 0 Å². The van der Waals surface area contributed by atoms with Crippen LogP contribution in [0.3, 0.4) is 0 Å². The second-order valence-electron chi connectivity index (χ2n) is 4.78. The molecule has 1 fully saturated rings. The third-order valence-electron chi connectivity index (χ3n) is 3.34. The van der Waals surface area contributed by atoms with Crippen molar-refractivity contribution >= 4 is 11.6 Å². The maximum absolute atomic E-state index is 6.20. The van der Waals surface area contributed by atoms with Crippen LogP contribution in [-0.4, -0.2) is 23.5 Å². The molecule has 2 rings (SSSR count). The van der Waals surface area contributed by atoms with Crippen molar-refractivity contribution in [3.05, 3.63) is 34.9 Å². The fourth-order valence-electron chi connectivity index (χ4n) is 2.55. The maximum atomic E-state index is 6.20. The van der Waals surface area contributed by atoms with Gasteiger partial charge in [-0.1, -0.05) is 23.7 Å². The molecule has 0 spiro atoms. The lowest BCUT2D eigenvalue weighted by atomic mass is 10.0. The zero-order chi connectivity index (χ0) is 11.7. The summed E-state index contributed by atoms with van der Waals surface area (Å²) in [6, 6.07) is 9.13. The van der Waals surface area contributed by atoms with Gasteiger partial charge in [-0.2, -0.15) is 0 Å². The third kappa shape index (κ3) is 2.24. The summed E-state index contributed by atoms with van der Waals surface area (Å²) in [6.07, 6.45) is 1.06. The first-order chi connectivity index (χ1) is 7.59. The topological polar surface area (TPSA) is 29.3 Å². The van der Waals surface area contributed by atoms with Gasteiger partial charge in [0.05, 0.1) is 6.04 Å². The Morgan fingerprint density at radius 1 is 1.44 bits per heavy atom. The van der Waals surface area contributed by atoms with E-state index in [1.807, 2.05) is 18.2 Å². The van der Waals surface area contributed by atoms with Crippen molar-refractivity contribution in [2.75, 3.05) is 6.54 Å². The van der Waals surface area contributed by atoms with Gasteiger partial charge in [0.25, 0.3) is 0 Å². The lowest BCUT2D eigenvalue weighted by molar-refractivity contribution is 0.198. The van der Waals surface area contributed by atoms with Crippen LogP contribution in [0.15, 0.2) is 24.3 Å². The zero-order valence-corrected chi connectivity index (χ0v) is 10.6. The first kappa shape index (κ1) is 11.9. The predicted molar refractivity (Wildman–Crippen MR) is 68.6 cm³/mol. The van der Waals surface area contributed by atoms with Crippen LogP contribution < -0.4 is 5.73 Å². The van der Waals surface area contributed by atoms with Gasteiger partial charge in [0.2, 0.25) is 0 Å². The molecule has 0 saturated carbocycles. The van der Waals surface area contributed by atoms with Crippen molar-refractivity contribution in [3.63, 3.8) is 0 Å². The average Bonchev–Trinajstić information content (AvgIpc) is 2.60. The lowest BCUT2D eigenvalue weighted by Gasteiger charge is -2.30. The van der Waals surface area contributed by atoms with Crippen LogP contribution in [0.1, 0.15) is 31.9 Å². The molecule has 1 aromatic rings. The van der Waals surface area contributed by atoms with E-state index in [9.17, 15) is 0 Å². The van der Waals surface area contributed by atoms with Gasteiger partial charge in [-0.05, 0) is 38.0 Å². The van der Waals surface area contributed by atoms with Crippen molar-refractivity contribution in [3.8, 4) is 0 Å². The van der Waals surface area contributed by atoms with Gasteiger partial charge in [0.15, 0.2) is 0 Å². The Bertz CT molecular complexity index is 365. The Hall–Kier alpha value is -0.570. The Balaban J connectivity index is 2.30. The first-order valence-corrected chi connectivity index (χ1v) is 6.24. The summed E-state index contributed by atoms with van der Waals surface area (Å²) in [5.41, 5.74) is 7.45. The molecule has 1 aromatic carbocycles. The quantitative estimate of drug-likeness (QED) is 0.859. The molecule has 88 valence electrons. The number of halogens is 1. The molecule has 1 aliphatic heterocycles. The minimum absolute atomic E-state index is 0.223. The Kier molecular flexibility index (Phi) is 3.53. The normalized spacial score (nSPS) is 26.6. The van der Waals surface area contributed by atoms with Gasteiger partial charge >= 0.3 is 0 Å². The molecule has 0 amide bonds. The smallest absolute Gasteiger partial charge is 0.0502 e. The molecule has 0 aliphatic carbocycles. The summed E-state index contributed by atoms with van der Waals surface area (Å²) < 4.78 is 0. The first-order valence-electron chi connectivity index (χ1n) is 5.86. The highest BCUT2D eigenvalue weighted by molar-refractivity contribution is 6.30. The van der Waals surface area contributed by atoms with E-state index >= 15 is 0 Å². The van der Waals surface area contributed by atoms with Crippen molar-refractivity contribution < 1.29 is 0 Å². The minimum atomic E-state index is 0.223. The fourth-order valence-corrected chi connectivity index (χ4v) is 2.75. The summed E-state index contributed by atoms with van der Waals surface area (Å²) in [5.74, 6) is 0. The Labute approximate surface area is 102 Å².